The number of nitrogens with one attached hydrogen (secondary N) is 1. The van der Waals surface area contributed by atoms with Gasteiger partial charge >= 0.3 is 17.8 Å². The highest BCUT2D eigenvalue weighted by molar-refractivity contribution is 5.90. The third-order valence-corrected chi connectivity index (χ3v) is 11.1. The van der Waals surface area contributed by atoms with Crippen LogP contribution >= 0.6 is 0 Å². The van der Waals surface area contributed by atoms with Gasteiger partial charge in [0.25, 0.3) is 5.56 Å². The average molecular weight is 787 g/mol. The SMILES string of the molecule is CCc1c2c(nc3ccc(OC(=O)N4CCN(c5ccc(-n6c(-c7cc(C(C)C)c(O)cc7O)n[nH]c6=O)cn5)CC4)cc13)-c1cc3c(c(=O)n1C2)COC(=O)C3O. The van der Waals surface area contributed by atoms with Crippen LogP contribution in [-0.2, 0) is 29.1 Å². The Bertz CT molecular complexity index is 2800. The van der Waals surface area contributed by atoms with E-state index in [2.05, 4.69) is 15.2 Å². The lowest BCUT2D eigenvalue weighted by Crippen LogP contribution is -2.49. The molecule has 0 bridgehead atoms. The molecule has 6 aromatic rings. The van der Waals surface area contributed by atoms with Gasteiger partial charge in [-0.15, -0.1) is 0 Å². The minimum Gasteiger partial charge on any atom is -0.508 e. The van der Waals surface area contributed by atoms with Gasteiger partial charge < -0.3 is 39.2 Å². The van der Waals surface area contributed by atoms with Crippen LogP contribution in [0.3, 0.4) is 0 Å². The largest absolute Gasteiger partial charge is 0.508 e. The molecule has 17 nitrogen and oxygen atoms in total. The van der Waals surface area contributed by atoms with Gasteiger partial charge in [-0.3, -0.25) is 4.79 Å². The number of hydrogen-bond donors (Lipinski definition) is 4. The minimum atomic E-state index is -1.54. The predicted octanol–water partition coefficient (Wildman–Crippen LogP) is 3.87. The van der Waals surface area contributed by atoms with Crippen LogP contribution < -0.4 is 20.9 Å². The van der Waals surface area contributed by atoms with Crippen LogP contribution in [0.5, 0.6) is 17.2 Å². The first-order valence-corrected chi connectivity index (χ1v) is 18.9. The molecule has 0 radical (unpaired) electrons. The maximum atomic E-state index is 13.4. The highest BCUT2D eigenvalue weighted by Gasteiger charge is 2.35. The monoisotopic (exact) mass is 786 g/mol. The van der Waals surface area contributed by atoms with E-state index in [4.69, 9.17) is 14.5 Å². The second kappa shape index (κ2) is 13.9. The number of aliphatic hydroxyl groups excluding tert-OH is 1. The number of fused-ring (bicyclic) bond motifs is 5. The number of ether oxygens (including phenoxy) is 2. The van der Waals surface area contributed by atoms with E-state index in [9.17, 15) is 34.5 Å². The number of carbonyl (C=O) groups excluding carboxylic acids is 2. The van der Waals surface area contributed by atoms with Crippen molar-refractivity contribution in [1.82, 2.24) is 34.2 Å². The smallest absolute Gasteiger partial charge is 0.415 e. The topological polar surface area (TPSA) is 218 Å². The summed E-state index contributed by atoms with van der Waals surface area (Å²) in [6, 6.07) is 13.2. The molecule has 0 saturated carbocycles. The average Bonchev–Trinajstić information content (AvgIpc) is 3.78. The zero-order valence-electron chi connectivity index (χ0n) is 31.7. The molecule has 1 unspecified atom stereocenters. The lowest BCUT2D eigenvalue weighted by molar-refractivity contribution is -0.157. The predicted molar refractivity (Wildman–Crippen MR) is 209 cm³/mol. The number of piperazine rings is 1. The number of aromatic amines is 1. The number of aliphatic hydroxyl groups is 1. The number of phenols is 2. The summed E-state index contributed by atoms with van der Waals surface area (Å²) >= 11 is 0. The summed E-state index contributed by atoms with van der Waals surface area (Å²) in [5.74, 6) is 0.0603. The van der Waals surface area contributed by atoms with Gasteiger partial charge in [0.1, 0.15) is 29.7 Å². The van der Waals surface area contributed by atoms with Gasteiger partial charge in [0.2, 0.25) is 0 Å². The summed E-state index contributed by atoms with van der Waals surface area (Å²) < 4.78 is 13.8. The normalized spacial score (nSPS) is 16.0. The number of benzene rings is 2. The van der Waals surface area contributed by atoms with Gasteiger partial charge in [-0.2, -0.15) is 5.10 Å². The highest BCUT2D eigenvalue weighted by Crippen LogP contribution is 2.40. The number of amides is 1. The molecular formula is C41H38N8O9. The van der Waals surface area contributed by atoms with Gasteiger partial charge in [-0.25, -0.2) is 34.0 Å². The third-order valence-electron chi connectivity index (χ3n) is 11.1. The zero-order valence-corrected chi connectivity index (χ0v) is 31.7. The minimum absolute atomic E-state index is 0.0420. The van der Waals surface area contributed by atoms with Crippen LogP contribution in [-0.4, -0.2) is 87.8 Å². The number of nitrogens with zero attached hydrogens (tertiary/aromatic N) is 7. The maximum Gasteiger partial charge on any atom is 0.415 e. The second-order valence-corrected chi connectivity index (χ2v) is 14.8. The lowest BCUT2D eigenvalue weighted by Gasteiger charge is -2.34. The van der Waals surface area contributed by atoms with Crippen molar-refractivity contribution in [2.24, 2.45) is 0 Å². The van der Waals surface area contributed by atoms with Crippen molar-refractivity contribution < 1.29 is 34.4 Å². The van der Waals surface area contributed by atoms with Crippen molar-refractivity contribution in [2.45, 2.75) is 52.4 Å². The summed E-state index contributed by atoms with van der Waals surface area (Å²) in [6.45, 7) is 7.59. The van der Waals surface area contributed by atoms with Gasteiger partial charge in [0.05, 0.1) is 46.5 Å². The Hall–Kier alpha value is -7.01. The third kappa shape index (κ3) is 5.93. The molecule has 4 aromatic heterocycles. The number of phenolic OH excluding ortho intramolecular Hbond substituents is 2. The Morgan fingerprint density at radius 3 is 2.52 bits per heavy atom. The summed E-state index contributed by atoms with van der Waals surface area (Å²) in [4.78, 5) is 64.9. The van der Waals surface area contributed by atoms with E-state index in [0.29, 0.717) is 72.3 Å². The number of esters is 1. The summed E-state index contributed by atoms with van der Waals surface area (Å²) in [5, 5.41) is 38.8. The number of anilines is 1. The zero-order chi connectivity index (χ0) is 40.6. The Morgan fingerprint density at radius 2 is 1.79 bits per heavy atom. The number of carbonyl (C=O) groups is 2. The number of cyclic esters (lactones) is 1. The van der Waals surface area contributed by atoms with Crippen LogP contribution in [0.2, 0.25) is 0 Å². The molecule has 17 heteroatoms. The number of hydrogen-bond acceptors (Lipinski definition) is 13. The van der Waals surface area contributed by atoms with Crippen molar-refractivity contribution in [3.8, 4) is 45.7 Å². The van der Waals surface area contributed by atoms with Gasteiger partial charge in [-0.05, 0) is 65.9 Å². The van der Waals surface area contributed by atoms with E-state index in [1.807, 2.05) is 25.7 Å². The van der Waals surface area contributed by atoms with E-state index in [0.717, 1.165) is 16.5 Å². The van der Waals surface area contributed by atoms with Crippen molar-refractivity contribution in [2.75, 3.05) is 31.1 Å². The number of aryl methyl sites for hydroxylation is 1. The van der Waals surface area contributed by atoms with Crippen molar-refractivity contribution >= 4 is 28.8 Å². The molecule has 1 fully saturated rings. The van der Waals surface area contributed by atoms with Crippen LogP contribution in [0.4, 0.5) is 10.6 Å². The number of H-pyrrole nitrogens is 1. The maximum absolute atomic E-state index is 13.4. The first kappa shape index (κ1) is 36.6. The molecule has 0 spiro atoms. The molecule has 3 aliphatic heterocycles. The van der Waals surface area contributed by atoms with Gasteiger partial charge in [0.15, 0.2) is 11.9 Å². The molecule has 2 aromatic carbocycles. The summed E-state index contributed by atoms with van der Waals surface area (Å²) in [6.07, 6.45) is 0.118. The van der Waals surface area contributed by atoms with E-state index in [-0.39, 0.29) is 58.6 Å². The fourth-order valence-electron chi connectivity index (χ4n) is 8.09. The van der Waals surface area contributed by atoms with Crippen LogP contribution in [0, 0.1) is 0 Å². The summed E-state index contributed by atoms with van der Waals surface area (Å²) in [7, 11) is 0. The molecule has 1 atom stereocenters. The molecule has 1 amide bonds. The van der Waals surface area contributed by atoms with E-state index < -0.39 is 23.9 Å². The standard InChI is InChI=1S/C41H38N8O9/c1-4-23-25-13-22(6-7-30(25)43-35-28(23)18-48-31(35)15-26-29(38(48)53)19-57-39(54)36(26)52)58-41(56)47-11-9-46(10-12-47)34-8-5-21(17-42-34)49-37(44-45-40(49)55)27-14-24(20(2)3)32(50)16-33(27)51/h5-8,13-17,20,36,50-52H,4,9-12,18-19H2,1-3H3,(H,45,55). The number of aromatic nitrogens is 6. The van der Waals surface area contributed by atoms with Crippen molar-refractivity contribution in [1.29, 1.82) is 0 Å². The van der Waals surface area contributed by atoms with Crippen molar-refractivity contribution in [3.63, 3.8) is 0 Å². The Balaban J connectivity index is 0.891. The number of pyridine rings is 3. The number of aromatic hydroxyl groups is 2. The Labute approximate surface area is 329 Å². The Morgan fingerprint density at radius 1 is 1.00 bits per heavy atom. The van der Waals surface area contributed by atoms with E-state index in [1.54, 1.807) is 51.9 Å². The van der Waals surface area contributed by atoms with E-state index >= 15 is 0 Å². The van der Waals surface area contributed by atoms with Gasteiger partial charge in [-0.1, -0.05) is 20.8 Å². The van der Waals surface area contributed by atoms with E-state index in [1.165, 1.54) is 16.8 Å². The molecule has 1 saturated heterocycles. The Kier molecular flexibility index (Phi) is 8.76. The molecule has 9 rings (SSSR count). The second-order valence-electron chi connectivity index (χ2n) is 14.8. The first-order valence-electron chi connectivity index (χ1n) is 18.9. The molecule has 0 aliphatic carbocycles. The number of rotatable bonds is 6. The molecular weight excluding hydrogens is 748 g/mol. The molecule has 296 valence electrons. The quantitative estimate of drug-likeness (QED) is 0.176. The highest BCUT2D eigenvalue weighted by atomic mass is 16.6. The summed E-state index contributed by atoms with van der Waals surface area (Å²) in [5.41, 5.74) is 4.52. The van der Waals surface area contributed by atoms with Crippen LogP contribution in [0.1, 0.15) is 60.6 Å². The molecule has 58 heavy (non-hydrogen) atoms. The lowest BCUT2D eigenvalue weighted by atomic mass is 9.97. The molecule has 3 aliphatic rings. The van der Waals surface area contributed by atoms with Crippen molar-refractivity contribution in [3.05, 3.63) is 103 Å². The molecule has 4 N–H and O–H groups in total. The molecule has 7 heterocycles. The van der Waals surface area contributed by atoms with Gasteiger partial charge in [0, 0.05) is 48.8 Å². The van der Waals surface area contributed by atoms with Crippen LogP contribution in [0.25, 0.3) is 39.4 Å². The fourth-order valence-corrected chi connectivity index (χ4v) is 8.09. The van der Waals surface area contributed by atoms with Crippen LogP contribution in [0.15, 0.2) is 64.3 Å². The fraction of sp³-hybridized carbons (Fsp3) is 0.293. The first-order chi connectivity index (χ1) is 27.9.